The third-order valence-corrected chi connectivity index (χ3v) is 13.9. The Bertz CT molecular complexity index is 2550. The van der Waals surface area contributed by atoms with Gasteiger partial charge in [-0.3, -0.25) is 19.8 Å². The predicted octanol–water partition coefficient (Wildman–Crippen LogP) is 9.12. The van der Waals surface area contributed by atoms with Crippen LogP contribution in [0.3, 0.4) is 0 Å². The Balaban J connectivity index is 0.929. The molecule has 2 atom stereocenters. The van der Waals surface area contributed by atoms with Crippen molar-refractivity contribution in [3.8, 4) is 11.5 Å². The summed E-state index contributed by atoms with van der Waals surface area (Å²) in [7, 11) is -4.53. The Morgan fingerprint density at radius 2 is 1.80 bits per heavy atom. The van der Waals surface area contributed by atoms with Crippen molar-refractivity contribution >= 4 is 43.9 Å². The first-order chi connectivity index (χ1) is 29.2. The van der Waals surface area contributed by atoms with E-state index >= 15 is 0 Å². The molecule has 1 unspecified atom stereocenters. The van der Waals surface area contributed by atoms with Gasteiger partial charge in [-0.15, -0.1) is 0 Å². The molecule has 3 N–H and O–H groups in total. The second-order valence-electron chi connectivity index (χ2n) is 16.6. The number of fused-ring (bicyclic) bond motifs is 1. The molecular weight excluding hydrogens is 781 g/mol. The Morgan fingerprint density at radius 3 is 2.58 bits per heavy atom. The normalized spacial score (nSPS) is 20.2. The van der Waals surface area contributed by atoms with Gasteiger partial charge in [0.25, 0.3) is 21.6 Å². The number of rotatable bonds is 14. The Kier molecular flexibility index (Phi) is 11.4. The number of ether oxygens (including phenoxy) is 2. The molecule has 2 aromatic heterocycles. The number of nitrogens with one attached hydrogen (secondary N) is 3. The summed E-state index contributed by atoms with van der Waals surface area (Å²) in [5, 5.41) is 16.0. The van der Waals surface area contributed by atoms with Gasteiger partial charge in [-0.05, 0) is 141 Å². The SMILES string of the molecule is O=C(NS(=O)(=O)c1ccc(NCC2CCOCC2)c([N+](=O)[O-])c1)c1ccc(C2=CCC(CN3CCC[C@H]3c3ccccc3C3CC3)CC2)cc1Oc1cnc2[nH]ccc2c1. The van der Waals surface area contributed by atoms with E-state index in [1.807, 2.05) is 12.1 Å². The quantitative estimate of drug-likeness (QED) is 0.0725. The Labute approximate surface area is 349 Å². The van der Waals surface area contributed by atoms with Crippen LogP contribution in [0.5, 0.6) is 11.5 Å². The minimum atomic E-state index is -4.53. The van der Waals surface area contributed by atoms with Crippen LogP contribution in [-0.2, 0) is 14.8 Å². The average Bonchev–Trinajstić information content (AvgIpc) is 3.83. The number of carbonyl (C=O) groups is 1. The second-order valence-corrected chi connectivity index (χ2v) is 18.3. The molecule has 9 rings (SSSR count). The van der Waals surface area contributed by atoms with E-state index in [1.165, 1.54) is 43.4 Å². The van der Waals surface area contributed by atoms with E-state index in [4.69, 9.17) is 9.47 Å². The van der Waals surface area contributed by atoms with Crippen LogP contribution in [0.1, 0.15) is 96.8 Å². The van der Waals surface area contributed by atoms with Crippen LogP contribution in [0.4, 0.5) is 11.4 Å². The molecule has 5 aromatic rings. The smallest absolute Gasteiger partial charge is 0.293 e. The maximum atomic E-state index is 13.9. The van der Waals surface area contributed by atoms with Crippen LogP contribution >= 0.6 is 0 Å². The molecule has 4 aliphatic rings. The van der Waals surface area contributed by atoms with Gasteiger partial charge in [-0.25, -0.2) is 18.1 Å². The maximum absolute atomic E-state index is 13.9. The third-order valence-electron chi connectivity index (χ3n) is 12.6. The number of sulfonamides is 1. The summed E-state index contributed by atoms with van der Waals surface area (Å²) in [4.78, 5) is 35.1. The summed E-state index contributed by atoms with van der Waals surface area (Å²) >= 11 is 0. The number of pyridine rings is 1. The van der Waals surface area contributed by atoms with Crippen molar-refractivity contribution in [1.29, 1.82) is 0 Å². The van der Waals surface area contributed by atoms with Crippen LogP contribution < -0.4 is 14.8 Å². The number of hydrogen-bond donors (Lipinski definition) is 3. The molecule has 13 nitrogen and oxygen atoms in total. The van der Waals surface area contributed by atoms with Crippen LogP contribution in [0, 0.1) is 22.0 Å². The fourth-order valence-electron chi connectivity index (χ4n) is 9.14. The first-order valence-electron chi connectivity index (χ1n) is 21.1. The lowest BCUT2D eigenvalue weighted by Gasteiger charge is -2.32. The van der Waals surface area contributed by atoms with Crippen LogP contribution in [-0.4, -0.2) is 67.0 Å². The molecule has 1 saturated carbocycles. The van der Waals surface area contributed by atoms with Crippen molar-refractivity contribution in [2.45, 2.75) is 74.6 Å². The van der Waals surface area contributed by atoms with E-state index in [1.54, 1.807) is 36.2 Å². The highest BCUT2D eigenvalue weighted by molar-refractivity contribution is 7.90. The van der Waals surface area contributed by atoms with E-state index in [0.717, 1.165) is 73.7 Å². The van der Waals surface area contributed by atoms with Gasteiger partial charge in [0, 0.05) is 50.0 Å². The van der Waals surface area contributed by atoms with E-state index in [9.17, 15) is 23.3 Å². The van der Waals surface area contributed by atoms with E-state index < -0.39 is 31.4 Å². The number of nitro groups is 1. The largest absolute Gasteiger partial charge is 0.455 e. The van der Waals surface area contributed by atoms with Gasteiger partial charge in [-0.2, -0.15) is 0 Å². The molecule has 2 aliphatic heterocycles. The third kappa shape index (κ3) is 8.81. The topological polar surface area (TPSA) is 169 Å². The molecule has 60 heavy (non-hydrogen) atoms. The van der Waals surface area contributed by atoms with Crippen molar-refractivity contribution in [3.63, 3.8) is 0 Å². The molecule has 3 aromatic carbocycles. The molecule has 2 saturated heterocycles. The number of benzene rings is 3. The second kappa shape index (κ2) is 17.2. The number of nitro benzene ring substituents is 1. The van der Waals surface area contributed by atoms with Gasteiger partial charge in [0.05, 0.1) is 21.6 Å². The number of hydrogen-bond acceptors (Lipinski definition) is 10. The lowest BCUT2D eigenvalue weighted by Crippen LogP contribution is -2.31. The minimum Gasteiger partial charge on any atom is -0.455 e. The van der Waals surface area contributed by atoms with Gasteiger partial charge in [0.15, 0.2) is 0 Å². The van der Waals surface area contributed by atoms with Crippen LogP contribution in [0.15, 0.2) is 96.2 Å². The predicted molar refractivity (Wildman–Crippen MR) is 230 cm³/mol. The lowest BCUT2D eigenvalue weighted by molar-refractivity contribution is -0.384. The van der Waals surface area contributed by atoms with Gasteiger partial charge >= 0.3 is 0 Å². The van der Waals surface area contributed by atoms with Gasteiger partial charge in [0.1, 0.15) is 22.8 Å². The summed E-state index contributed by atoms with van der Waals surface area (Å²) in [6.45, 7) is 3.94. The number of aromatic amines is 1. The van der Waals surface area contributed by atoms with E-state index in [-0.39, 0.29) is 22.9 Å². The zero-order valence-corrected chi connectivity index (χ0v) is 34.3. The van der Waals surface area contributed by atoms with E-state index in [0.29, 0.717) is 43.1 Å². The van der Waals surface area contributed by atoms with Crippen LogP contribution in [0.2, 0.25) is 0 Å². The average molecular weight is 831 g/mol. The van der Waals surface area contributed by atoms with Crippen molar-refractivity contribution in [2.75, 3.05) is 38.2 Å². The zero-order valence-electron chi connectivity index (χ0n) is 33.5. The molecule has 3 fully saturated rings. The first kappa shape index (κ1) is 39.9. The summed E-state index contributed by atoms with van der Waals surface area (Å²) in [6, 6.07) is 21.9. The van der Waals surface area contributed by atoms with Gasteiger partial charge < -0.3 is 19.8 Å². The summed E-state index contributed by atoms with van der Waals surface area (Å²) in [5.74, 6) is 1.13. The number of nitrogens with zero attached hydrogens (tertiary/aromatic N) is 3. The fourth-order valence-corrected chi connectivity index (χ4v) is 10.1. The molecular formula is C46H50N6O7S. The molecule has 1 amide bonds. The van der Waals surface area contributed by atoms with Gasteiger partial charge in [0.2, 0.25) is 0 Å². The minimum absolute atomic E-state index is 0.0124. The lowest BCUT2D eigenvalue weighted by atomic mass is 9.85. The number of H-pyrrole nitrogens is 1. The summed E-state index contributed by atoms with van der Waals surface area (Å²) in [6.07, 6.45) is 15.1. The summed E-state index contributed by atoms with van der Waals surface area (Å²) < 4.78 is 41.2. The van der Waals surface area contributed by atoms with Crippen molar-refractivity contribution in [3.05, 3.63) is 124 Å². The number of amides is 1. The first-order valence-corrected chi connectivity index (χ1v) is 22.6. The molecule has 312 valence electrons. The highest BCUT2D eigenvalue weighted by Gasteiger charge is 2.34. The number of anilines is 1. The monoisotopic (exact) mass is 830 g/mol. The molecule has 0 spiro atoms. The Morgan fingerprint density at radius 1 is 0.967 bits per heavy atom. The molecule has 14 heteroatoms. The number of likely N-dealkylation sites (tertiary alicyclic amines) is 1. The Hall–Kier alpha value is -5.57. The number of allylic oxidation sites excluding steroid dienone is 2. The maximum Gasteiger partial charge on any atom is 0.293 e. The van der Waals surface area contributed by atoms with Crippen molar-refractivity contribution in [2.24, 2.45) is 11.8 Å². The van der Waals surface area contributed by atoms with Crippen LogP contribution in [0.25, 0.3) is 16.6 Å². The number of carbonyl (C=O) groups excluding carboxylic acids is 1. The fraction of sp³-hybridized carbons (Fsp3) is 0.391. The molecule has 4 heterocycles. The van der Waals surface area contributed by atoms with Crippen molar-refractivity contribution in [1.82, 2.24) is 19.6 Å². The zero-order chi connectivity index (χ0) is 41.2. The van der Waals surface area contributed by atoms with Crippen molar-refractivity contribution < 1.29 is 27.6 Å². The standard InChI is InChI=1S/C46H50N6O7S/c53-46(50-60(56,57)37-14-16-41(43(26-37)52(54)55)48-27-30-18-22-58-23-19-30)40-15-13-34(25-44(40)59-36-24-35-17-20-47-45(35)49-28-36)32-9-7-31(8-10-32)29-51-21-3-6-42(51)39-5-2-1-4-38(39)33-11-12-33/h1-2,4-5,9,13-17,20,24-26,28,30-31,33,42,48H,3,6-8,10-12,18-19,21-23,27,29H2,(H,47,49)(H,50,53)/t31?,42-/m0/s1. The highest BCUT2D eigenvalue weighted by atomic mass is 32.2. The molecule has 0 radical (unpaired) electrons. The van der Waals surface area contributed by atoms with Gasteiger partial charge in [-0.1, -0.05) is 36.4 Å². The summed E-state index contributed by atoms with van der Waals surface area (Å²) in [5.41, 5.74) is 5.56. The molecule has 2 aliphatic carbocycles. The molecule has 0 bridgehead atoms. The number of aromatic nitrogens is 2. The highest BCUT2D eigenvalue weighted by Crippen LogP contribution is 2.46. The van der Waals surface area contributed by atoms with E-state index in [2.05, 4.69) is 55.2 Å².